The van der Waals surface area contributed by atoms with Crippen molar-refractivity contribution < 1.29 is 14.6 Å². The van der Waals surface area contributed by atoms with Gasteiger partial charge in [-0.25, -0.2) is 4.98 Å². The van der Waals surface area contributed by atoms with E-state index in [1.807, 2.05) is 40.8 Å². The Labute approximate surface area is 122 Å². The summed E-state index contributed by atoms with van der Waals surface area (Å²) in [6, 6.07) is 6.62. The summed E-state index contributed by atoms with van der Waals surface area (Å²) in [5.41, 5.74) is 1.67. The molecule has 1 unspecified atom stereocenters. The highest BCUT2D eigenvalue weighted by Crippen LogP contribution is 2.32. The van der Waals surface area contributed by atoms with Crippen LogP contribution in [0.25, 0.3) is 0 Å². The number of fused-ring (bicyclic) bond motifs is 1. The maximum Gasteiger partial charge on any atom is 0.325 e. The van der Waals surface area contributed by atoms with Crippen molar-refractivity contribution in [2.75, 3.05) is 13.2 Å². The summed E-state index contributed by atoms with van der Waals surface area (Å²) >= 11 is 0. The number of hydrogen-bond donors (Lipinski definition) is 1. The number of para-hydroxylation sites is 1. The molecule has 1 N–H and O–H groups in total. The van der Waals surface area contributed by atoms with Crippen molar-refractivity contribution >= 4 is 5.97 Å². The lowest BCUT2D eigenvalue weighted by Crippen LogP contribution is -2.35. The van der Waals surface area contributed by atoms with Crippen LogP contribution in [0.3, 0.4) is 0 Å². The molecule has 0 amide bonds. The van der Waals surface area contributed by atoms with E-state index in [2.05, 4.69) is 4.98 Å². The lowest BCUT2D eigenvalue weighted by Gasteiger charge is -2.26. The van der Waals surface area contributed by atoms with Crippen LogP contribution in [0.15, 0.2) is 36.8 Å². The number of carbonyl (C=O) groups is 1. The van der Waals surface area contributed by atoms with Crippen molar-refractivity contribution in [2.24, 2.45) is 7.05 Å². The number of hydrogen-bond acceptors (Lipinski definition) is 4. The van der Waals surface area contributed by atoms with Crippen LogP contribution in [-0.2, 0) is 18.4 Å². The SMILES string of the molecule is Cn1cncc1CN1CCOc2ccccc2C1C(=O)O. The van der Waals surface area contributed by atoms with E-state index in [4.69, 9.17) is 4.74 Å². The molecular weight excluding hydrogens is 270 g/mol. The molecule has 21 heavy (non-hydrogen) atoms. The Morgan fingerprint density at radius 1 is 1.48 bits per heavy atom. The highest BCUT2D eigenvalue weighted by Gasteiger charge is 2.32. The number of ether oxygens (including phenoxy) is 1. The van der Waals surface area contributed by atoms with Crippen molar-refractivity contribution in [3.63, 3.8) is 0 Å². The lowest BCUT2D eigenvalue weighted by atomic mass is 10.0. The molecule has 0 bridgehead atoms. The summed E-state index contributed by atoms with van der Waals surface area (Å²) < 4.78 is 7.58. The van der Waals surface area contributed by atoms with Gasteiger partial charge in [-0.05, 0) is 6.07 Å². The van der Waals surface area contributed by atoms with Gasteiger partial charge in [0, 0.05) is 31.9 Å². The predicted molar refractivity (Wildman–Crippen MR) is 75.9 cm³/mol. The van der Waals surface area contributed by atoms with Crippen LogP contribution in [0.2, 0.25) is 0 Å². The predicted octanol–water partition coefficient (Wildman–Crippen LogP) is 1.44. The van der Waals surface area contributed by atoms with Gasteiger partial charge < -0.3 is 14.4 Å². The second-order valence-electron chi connectivity index (χ2n) is 5.09. The van der Waals surface area contributed by atoms with Gasteiger partial charge in [0.1, 0.15) is 18.4 Å². The number of imidazole rings is 1. The topological polar surface area (TPSA) is 67.6 Å². The number of aromatic nitrogens is 2. The molecule has 3 rings (SSSR count). The Kier molecular flexibility index (Phi) is 3.62. The van der Waals surface area contributed by atoms with E-state index >= 15 is 0 Å². The van der Waals surface area contributed by atoms with E-state index in [-0.39, 0.29) is 0 Å². The molecule has 0 spiro atoms. The quantitative estimate of drug-likeness (QED) is 0.925. The van der Waals surface area contributed by atoms with Crippen molar-refractivity contribution in [3.05, 3.63) is 48.0 Å². The maximum absolute atomic E-state index is 11.8. The molecule has 110 valence electrons. The Hall–Kier alpha value is -2.34. The fourth-order valence-corrected chi connectivity index (χ4v) is 2.64. The molecule has 1 aliphatic rings. The van der Waals surface area contributed by atoms with E-state index in [0.717, 1.165) is 5.69 Å². The van der Waals surface area contributed by atoms with E-state index in [0.29, 0.717) is 31.0 Å². The van der Waals surface area contributed by atoms with Crippen LogP contribution >= 0.6 is 0 Å². The average molecular weight is 287 g/mol. The summed E-state index contributed by atoms with van der Waals surface area (Å²) in [6.07, 6.45) is 3.48. The number of aryl methyl sites for hydroxylation is 1. The second kappa shape index (κ2) is 5.57. The third kappa shape index (κ3) is 2.62. The van der Waals surface area contributed by atoms with Crippen LogP contribution in [0.1, 0.15) is 17.3 Å². The summed E-state index contributed by atoms with van der Waals surface area (Å²) in [5.74, 6) is -0.215. The van der Waals surface area contributed by atoms with E-state index in [9.17, 15) is 9.90 Å². The fraction of sp³-hybridized carbons (Fsp3) is 0.333. The summed E-state index contributed by atoms with van der Waals surface area (Å²) in [5, 5.41) is 9.66. The molecule has 0 saturated carbocycles. The third-order valence-electron chi connectivity index (χ3n) is 3.73. The zero-order valence-corrected chi connectivity index (χ0v) is 11.8. The Balaban J connectivity index is 1.96. The molecule has 6 nitrogen and oxygen atoms in total. The molecule has 0 radical (unpaired) electrons. The number of carboxylic acids is 1. The first-order valence-corrected chi connectivity index (χ1v) is 6.80. The summed E-state index contributed by atoms with van der Waals surface area (Å²) in [6.45, 7) is 1.54. The maximum atomic E-state index is 11.8. The zero-order valence-electron chi connectivity index (χ0n) is 11.8. The van der Waals surface area contributed by atoms with Crippen molar-refractivity contribution in [3.8, 4) is 5.75 Å². The van der Waals surface area contributed by atoms with Gasteiger partial charge in [0.25, 0.3) is 0 Å². The number of benzene rings is 1. The number of carboxylic acid groups (broad SMARTS) is 1. The van der Waals surface area contributed by atoms with Crippen LogP contribution in [0.4, 0.5) is 0 Å². The van der Waals surface area contributed by atoms with Gasteiger partial charge in [-0.3, -0.25) is 9.69 Å². The monoisotopic (exact) mass is 287 g/mol. The molecular formula is C15H17N3O3. The van der Waals surface area contributed by atoms with Crippen LogP contribution in [0, 0.1) is 0 Å². The van der Waals surface area contributed by atoms with Gasteiger partial charge in [-0.15, -0.1) is 0 Å². The number of aliphatic carboxylic acids is 1. The lowest BCUT2D eigenvalue weighted by molar-refractivity contribution is -0.143. The highest BCUT2D eigenvalue weighted by molar-refractivity contribution is 5.76. The van der Waals surface area contributed by atoms with Gasteiger partial charge in [0.15, 0.2) is 0 Å². The highest BCUT2D eigenvalue weighted by atomic mass is 16.5. The van der Waals surface area contributed by atoms with Gasteiger partial charge in [-0.2, -0.15) is 0 Å². The van der Waals surface area contributed by atoms with Crippen LogP contribution < -0.4 is 4.74 Å². The first-order valence-electron chi connectivity index (χ1n) is 6.80. The molecule has 2 aromatic rings. The van der Waals surface area contributed by atoms with Crippen LogP contribution in [-0.4, -0.2) is 38.7 Å². The Morgan fingerprint density at radius 3 is 3.00 bits per heavy atom. The van der Waals surface area contributed by atoms with Crippen molar-refractivity contribution in [1.29, 1.82) is 0 Å². The smallest absolute Gasteiger partial charge is 0.325 e. The van der Waals surface area contributed by atoms with Gasteiger partial charge in [0.2, 0.25) is 0 Å². The van der Waals surface area contributed by atoms with Gasteiger partial charge >= 0.3 is 5.97 Å². The van der Waals surface area contributed by atoms with Crippen molar-refractivity contribution in [2.45, 2.75) is 12.6 Å². The first kappa shape index (κ1) is 13.6. The molecule has 1 aromatic carbocycles. The Bertz CT molecular complexity index is 653. The normalized spacial score (nSPS) is 18.6. The minimum Gasteiger partial charge on any atom is -0.492 e. The zero-order chi connectivity index (χ0) is 14.8. The summed E-state index contributed by atoms with van der Waals surface area (Å²) in [7, 11) is 1.90. The van der Waals surface area contributed by atoms with E-state index in [1.165, 1.54) is 0 Å². The second-order valence-corrected chi connectivity index (χ2v) is 5.09. The molecule has 2 heterocycles. The van der Waals surface area contributed by atoms with Crippen molar-refractivity contribution in [1.82, 2.24) is 14.5 Å². The van der Waals surface area contributed by atoms with Crippen LogP contribution in [0.5, 0.6) is 5.75 Å². The first-order chi connectivity index (χ1) is 10.2. The number of nitrogens with zero attached hydrogens (tertiary/aromatic N) is 3. The fourth-order valence-electron chi connectivity index (χ4n) is 2.64. The minimum atomic E-state index is -0.866. The van der Waals surface area contributed by atoms with Gasteiger partial charge in [-0.1, -0.05) is 18.2 Å². The molecule has 6 heteroatoms. The minimum absolute atomic E-state index is 0.471. The van der Waals surface area contributed by atoms with Gasteiger partial charge in [0.05, 0.1) is 12.0 Å². The largest absolute Gasteiger partial charge is 0.492 e. The molecule has 0 fully saturated rings. The third-order valence-corrected chi connectivity index (χ3v) is 3.73. The molecule has 1 aromatic heterocycles. The summed E-state index contributed by atoms with van der Waals surface area (Å²) in [4.78, 5) is 17.8. The molecule has 0 aliphatic carbocycles. The molecule has 0 saturated heterocycles. The van der Waals surface area contributed by atoms with E-state index in [1.54, 1.807) is 12.5 Å². The molecule has 1 aliphatic heterocycles. The molecule has 1 atom stereocenters. The Morgan fingerprint density at radius 2 is 2.29 bits per heavy atom. The average Bonchev–Trinajstić information content (AvgIpc) is 2.76. The van der Waals surface area contributed by atoms with E-state index < -0.39 is 12.0 Å². The standard InChI is InChI=1S/C15H17N3O3/c1-17-10-16-8-11(17)9-18-6-7-21-13-5-3-2-4-12(13)14(18)15(19)20/h2-5,8,10,14H,6-7,9H2,1H3,(H,19,20). The number of rotatable bonds is 3.